The van der Waals surface area contributed by atoms with Gasteiger partial charge in [-0.2, -0.15) is 5.26 Å². The Bertz CT molecular complexity index is 929. The second-order valence-corrected chi connectivity index (χ2v) is 6.25. The van der Waals surface area contributed by atoms with Crippen LogP contribution in [-0.2, 0) is 13.0 Å². The Morgan fingerprint density at radius 3 is 2.68 bits per heavy atom. The number of hydrogen-bond donors (Lipinski definition) is 0. The summed E-state index contributed by atoms with van der Waals surface area (Å²) < 4.78 is 1.46. The molecule has 0 saturated carbocycles. The highest BCUT2D eigenvalue weighted by atomic mass is 32.1. The highest BCUT2D eigenvalue weighted by Crippen LogP contribution is 2.25. The number of rotatable bonds is 3. The Morgan fingerprint density at radius 1 is 1.32 bits per heavy atom. The zero-order valence-electron chi connectivity index (χ0n) is 12.5. The largest absolute Gasteiger partial charge is 0.278 e. The zero-order valence-corrected chi connectivity index (χ0v) is 13.3. The van der Waals surface area contributed by atoms with E-state index in [1.54, 1.807) is 11.3 Å². The van der Waals surface area contributed by atoms with Crippen molar-refractivity contribution in [3.05, 3.63) is 51.1 Å². The van der Waals surface area contributed by atoms with Crippen molar-refractivity contribution in [2.45, 2.75) is 26.8 Å². The molecule has 0 bridgehead atoms. The van der Waals surface area contributed by atoms with E-state index in [-0.39, 0.29) is 12.1 Å². The zero-order chi connectivity index (χ0) is 15.7. The highest BCUT2D eigenvalue weighted by molar-refractivity contribution is 7.18. The van der Waals surface area contributed by atoms with Crippen LogP contribution in [0.25, 0.3) is 21.6 Å². The average molecular weight is 309 g/mol. The molecule has 0 aliphatic rings. The predicted octanol–water partition coefficient (Wildman–Crippen LogP) is 3.52. The number of aromatic nitrogens is 2. The molecule has 110 valence electrons. The quantitative estimate of drug-likeness (QED) is 0.744. The van der Waals surface area contributed by atoms with Crippen LogP contribution in [0, 0.1) is 18.3 Å². The fourth-order valence-corrected chi connectivity index (χ4v) is 3.34. The van der Waals surface area contributed by atoms with Gasteiger partial charge in [0.2, 0.25) is 0 Å². The number of nitrogens with zero attached hydrogens (tertiary/aromatic N) is 3. The van der Waals surface area contributed by atoms with Gasteiger partial charge in [-0.05, 0) is 19.4 Å². The molecule has 0 aliphatic heterocycles. The smallest absolute Gasteiger partial charge is 0.263 e. The molecule has 5 heteroatoms. The van der Waals surface area contributed by atoms with Gasteiger partial charge in [-0.25, -0.2) is 4.98 Å². The van der Waals surface area contributed by atoms with Gasteiger partial charge in [0.05, 0.1) is 11.5 Å². The van der Waals surface area contributed by atoms with Crippen molar-refractivity contribution >= 4 is 21.6 Å². The molecule has 0 spiro atoms. The molecule has 3 rings (SSSR count). The molecule has 2 heterocycles. The van der Waals surface area contributed by atoms with E-state index in [1.807, 2.05) is 37.3 Å². The normalized spacial score (nSPS) is 10.8. The maximum absolute atomic E-state index is 12.7. The summed E-state index contributed by atoms with van der Waals surface area (Å²) in [5, 5.41) is 9.65. The van der Waals surface area contributed by atoms with Gasteiger partial charge in [0.1, 0.15) is 17.2 Å². The molecule has 1 aromatic carbocycles. The van der Waals surface area contributed by atoms with Crippen LogP contribution in [0.15, 0.2) is 35.1 Å². The third-order valence-corrected chi connectivity index (χ3v) is 4.76. The first-order chi connectivity index (χ1) is 10.6. The lowest BCUT2D eigenvalue weighted by molar-refractivity contribution is 0.788. The first kappa shape index (κ1) is 14.5. The maximum atomic E-state index is 12.7. The average Bonchev–Trinajstić information content (AvgIpc) is 2.94. The fourth-order valence-electron chi connectivity index (χ4n) is 2.38. The van der Waals surface area contributed by atoms with Crippen molar-refractivity contribution < 1.29 is 0 Å². The fraction of sp³-hybridized carbons (Fsp3) is 0.235. The summed E-state index contributed by atoms with van der Waals surface area (Å²) >= 11 is 1.54. The molecule has 0 radical (unpaired) electrons. The molecule has 0 N–H and O–H groups in total. The van der Waals surface area contributed by atoms with Gasteiger partial charge in [-0.3, -0.25) is 9.36 Å². The Morgan fingerprint density at radius 2 is 2.05 bits per heavy atom. The van der Waals surface area contributed by atoms with Crippen molar-refractivity contribution in [2.75, 3.05) is 0 Å². The van der Waals surface area contributed by atoms with Gasteiger partial charge >= 0.3 is 0 Å². The topological polar surface area (TPSA) is 58.7 Å². The van der Waals surface area contributed by atoms with Gasteiger partial charge < -0.3 is 0 Å². The molecule has 4 nitrogen and oxygen atoms in total. The summed E-state index contributed by atoms with van der Waals surface area (Å²) in [6, 6.07) is 11.8. The van der Waals surface area contributed by atoms with Gasteiger partial charge in [0, 0.05) is 10.4 Å². The van der Waals surface area contributed by atoms with E-state index in [1.165, 1.54) is 4.57 Å². The molecule has 3 aromatic rings. The lowest BCUT2D eigenvalue weighted by Crippen LogP contribution is -2.22. The molecular formula is C17H15N3OS. The molecule has 2 aromatic heterocycles. The van der Waals surface area contributed by atoms with Crippen LogP contribution in [0.2, 0.25) is 0 Å². The number of nitriles is 1. The SMILES string of the molecule is CCc1cc2c(=O)n(CC#N)c(-c3ccc(C)cc3)nc2s1. The Balaban J connectivity index is 2.32. The summed E-state index contributed by atoms with van der Waals surface area (Å²) in [6.07, 6.45) is 0.874. The Hall–Kier alpha value is -2.45. The number of aryl methyl sites for hydroxylation is 2. The minimum atomic E-state index is -0.141. The van der Waals surface area contributed by atoms with E-state index in [0.29, 0.717) is 11.2 Å². The molecular weight excluding hydrogens is 294 g/mol. The van der Waals surface area contributed by atoms with Crippen molar-refractivity contribution in [2.24, 2.45) is 0 Å². The van der Waals surface area contributed by atoms with Gasteiger partial charge in [0.25, 0.3) is 5.56 Å². The summed E-state index contributed by atoms with van der Waals surface area (Å²) in [4.78, 5) is 19.2. The van der Waals surface area contributed by atoms with Crippen molar-refractivity contribution in [3.8, 4) is 17.5 Å². The highest BCUT2D eigenvalue weighted by Gasteiger charge is 2.14. The standard InChI is InChI=1S/C17H15N3OS/c1-3-13-10-14-16(22-13)19-15(20(9-8-18)17(14)21)12-6-4-11(2)5-7-12/h4-7,10H,3,9H2,1-2H3. The summed E-state index contributed by atoms with van der Waals surface area (Å²) in [5.41, 5.74) is 1.85. The second-order valence-electron chi connectivity index (χ2n) is 5.14. The number of benzene rings is 1. The number of thiophene rings is 1. The van der Waals surface area contributed by atoms with Crippen LogP contribution in [0.1, 0.15) is 17.4 Å². The van der Waals surface area contributed by atoms with Crippen molar-refractivity contribution in [1.82, 2.24) is 9.55 Å². The van der Waals surface area contributed by atoms with Crippen molar-refractivity contribution in [1.29, 1.82) is 5.26 Å². The first-order valence-corrected chi connectivity index (χ1v) is 7.93. The van der Waals surface area contributed by atoms with Crippen LogP contribution in [0.3, 0.4) is 0 Å². The van der Waals surface area contributed by atoms with Gasteiger partial charge in [-0.1, -0.05) is 36.8 Å². The molecule has 0 saturated heterocycles. The predicted molar refractivity (Wildman–Crippen MR) is 89.0 cm³/mol. The van der Waals surface area contributed by atoms with Crippen LogP contribution in [0.4, 0.5) is 0 Å². The minimum Gasteiger partial charge on any atom is -0.278 e. The summed E-state index contributed by atoms with van der Waals surface area (Å²) in [5.74, 6) is 0.559. The van der Waals surface area contributed by atoms with E-state index < -0.39 is 0 Å². The third-order valence-electron chi connectivity index (χ3n) is 3.59. The first-order valence-electron chi connectivity index (χ1n) is 7.11. The number of hydrogen-bond acceptors (Lipinski definition) is 4. The van der Waals surface area contributed by atoms with E-state index in [9.17, 15) is 4.79 Å². The molecule has 0 amide bonds. The van der Waals surface area contributed by atoms with Gasteiger partial charge in [0.15, 0.2) is 0 Å². The van der Waals surface area contributed by atoms with E-state index in [0.717, 1.165) is 27.3 Å². The summed E-state index contributed by atoms with van der Waals surface area (Å²) in [7, 11) is 0. The molecule has 0 fully saturated rings. The van der Waals surface area contributed by atoms with Crippen LogP contribution < -0.4 is 5.56 Å². The monoisotopic (exact) mass is 309 g/mol. The Kier molecular flexibility index (Phi) is 3.78. The molecule has 0 unspecified atom stereocenters. The third kappa shape index (κ3) is 2.42. The summed E-state index contributed by atoms with van der Waals surface area (Å²) in [6.45, 7) is 4.07. The maximum Gasteiger partial charge on any atom is 0.263 e. The van der Waals surface area contributed by atoms with E-state index in [4.69, 9.17) is 5.26 Å². The lowest BCUT2D eigenvalue weighted by Gasteiger charge is -2.09. The van der Waals surface area contributed by atoms with Crippen LogP contribution in [0.5, 0.6) is 0 Å². The lowest BCUT2D eigenvalue weighted by atomic mass is 10.1. The second kappa shape index (κ2) is 5.74. The van der Waals surface area contributed by atoms with E-state index in [2.05, 4.69) is 18.0 Å². The molecule has 22 heavy (non-hydrogen) atoms. The van der Waals surface area contributed by atoms with Crippen LogP contribution >= 0.6 is 11.3 Å². The van der Waals surface area contributed by atoms with Crippen molar-refractivity contribution in [3.63, 3.8) is 0 Å². The van der Waals surface area contributed by atoms with E-state index >= 15 is 0 Å². The van der Waals surface area contributed by atoms with Crippen LogP contribution in [-0.4, -0.2) is 9.55 Å². The molecule has 0 aliphatic carbocycles. The van der Waals surface area contributed by atoms with Gasteiger partial charge in [-0.15, -0.1) is 11.3 Å². The molecule has 0 atom stereocenters. The minimum absolute atomic E-state index is 0.00227. The Labute approximate surface area is 132 Å². The number of fused-ring (bicyclic) bond motifs is 1.